The number of hydrogen-bond acceptors (Lipinski definition) is 3. The Morgan fingerprint density at radius 2 is 1.88 bits per heavy atom. The van der Waals surface area contributed by atoms with E-state index in [2.05, 4.69) is 5.32 Å². The monoisotopic (exact) mass is 366 g/mol. The van der Waals surface area contributed by atoms with E-state index in [-0.39, 0.29) is 24.6 Å². The van der Waals surface area contributed by atoms with Crippen molar-refractivity contribution in [3.05, 3.63) is 53.8 Å². The van der Waals surface area contributed by atoms with E-state index in [1.54, 1.807) is 12.1 Å². The number of benzene rings is 2. The van der Waals surface area contributed by atoms with Crippen molar-refractivity contribution in [2.45, 2.75) is 11.3 Å². The molecule has 3 rings (SSSR count). The minimum atomic E-state index is -1.64. The Kier molecular flexibility index (Phi) is 4.98. The van der Waals surface area contributed by atoms with Gasteiger partial charge in [-0.05, 0) is 24.3 Å². The summed E-state index contributed by atoms with van der Waals surface area (Å²) >= 11 is 1.42. The van der Waals surface area contributed by atoms with Crippen LogP contribution in [-0.2, 0) is 9.59 Å². The van der Waals surface area contributed by atoms with Crippen LogP contribution in [0.4, 0.5) is 24.5 Å². The molecule has 0 bridgehead atoms. The summed E-state index contributed by atoms with van der Waals surface area (Å²) in [5.74, 6) is -4.89. The van der Waals surface area contributed by atoms with Crippen molar-refractivity contribution in [2.24, 2.45) is 0 Å². The smallest absolute Gasteiger partial charge is 0.237 e. The second kappa shape index (κ2) is 7.18. The van der Waals surface area contributed by atoms with Crippen LogP contribution in [0.15, 0.2) is 41.3 Å². The van der Waals surface area contributed by atoms with Gasteiger partial charge in [0.15, 0.2) is 17.5 Å². The second-order valence-electron chi connectivity index (χ2n) is 5.32. The van der Waals surface area contributed by atoms with E-state index in [1.165, 1.54) is 16.7 Å². The molecule has 0 fully saturated rings. The first-order valence-electron chi connectivity index (χ1n) is 7.43. The van der Waals surface area contributed by atoms with Crippen LogP contribution in [0.2, 0.25) is 0 Å². The van der Waals surface area contributed by atoms with E-state index in [1.807, 2.05) is 12.1 Å². The van der Waals surface area contributed by atoms with Gasteiger partial charge in [-0.3, -0.25) is 9.59 Å². The van der Waals surface area contributed by atoms with E-state index in [9.17, 15) is 22.8 Å². The molecule has 0 atom stereocenters. The number of rotatable bonds is 4. The van der Waals surface area contributed by atoms with Gasteiger partial charge in [-0.1, -0.05) is 12.1 Å². The molecule has 0 unspecified atom stereocenters. The summed E-state index contributed by atoms with van der Waals surface area (Å²) in [5.41, 5.74) is 0.278. The van der Waals surface area contributed by atoms with Gasteiger partial charge in [-0.25, -0.2) is 13.2 Å². The van der Waals surface area contributed by atoms with E-state index in [0.717, 1.165) is 22.7 Å². The Labute approximate surface area is 146 Å². The van der Waals surface area contributed by atoms with Crippen molar-refractivity contribution in [3.8, 4) is 0 Å². The van der Waals surface area contributed by atoms with Gasteiger partial charge in [-0.15, -0.1) is 11.8 Å². The van der Waals surface area contributed by atoms with Crippen LogP contribution < -0.4 is 10.2 Å². The zero-order valence-corrected chi connectivity index (χ0v) is 13.7. The van der Waals surface area contributed by atoms with E-state index in [4.69, 9.17) is 0 Å². The number of hydrogen-bond donors (Lipinski definition) is 1. The quantitative estimate of drug-likeness (QED) is 0.842. The maximum atomic E-state index is 13.6. The largest absolute Gasteiger partial charge is 0.323 e. The standard InChI is InChI=1S/C17H13F3N2O2S/c18-10-5-6-11(17(20)16(10)19)21-14(23)7-8-22-12-3-1-2-4-13(12)25-9-15(22)24/h1-6H,7-9H2,(H,21,23). The van der Waals surface area contributed by atoms with Gasteiger partial charge in [0.1, 0.15) is 0 Å². The van der Waals surface area contributed by atoms with Gasteiger partial charge in [0.05, 0.1) is 17.1 Å². The average molecular weight is 366 g/mol. The Morgan fingerprint density at radius 1 is 1.12 bits per heavy atom. The van der Waals surface area contributed by atoms with Gasteiger partial charge in [0.25, 0.3) is 0 Å². The number of carbonyl (C=O) groups excluding carboxylic acids is 2. The van der Waals surface area contributed by atoms with E-state index < -0.39 is 29.0 Å². The molecule has 8 heteroatoms. The third-order valence-electron chi connectivity index (χ3n) is 3.68. The number of anilines is 2. The summed E-state index contributed by atoms with van der Waals surface area (Å²) in [6, 6.07) is 9.00. The van der Waals surface area contributed by atoms with Crippen LogP contribution in [-0.4, -0.2) is 24.1 Å². The lowest BCUT2D eigenvalue weighted by Gasteiger charge is -2.28. The highest BCUT2D eigenvalue weighted by molar-refractivity contribution is 8.00. The summed E-state index contributed by atoms with van der Waals surface area (Å²) in [4.78, 5) is 26.5. The van der Waals surface area contributed by atoms with Crippen molar-refractivity contribution in [1.82, 2.24) is 0 Å². The molecule has 1 aliphatic rings. The predicted molar refractivity (Wildman–Crippen MR) is 89.1 cm³/mol. The van der Waals surface area contributed by atoms with Crippen LogP contribution in [0.5, 0.6) is 0 Å². The maximum absolute atomic E-state index is 13.6. The molecule has 0 aliphatic carbocycles. The van der Waals surface area contributed by atoms with Crippen molar-refractivity contribution < 1.29 is 22.8 Å². The number of para-hydroxylation sites is 1. The minimum absolute atomic E-state index is 0.105. The van der Waals surface area contributed by atoms with Gasteiger partial charge < -0.3 is 10.2 Å². The summed E-state index contributed by atoms with van der Waals surface area (Å²) in [6.45, 7) is 0.105. The molecule has 0 saturated carbocycles. The fourth-order valence-electron chi connectivity index (χ4n) is 2.45. The third kappa shape index (κ3) is 3.63. The van der Waals surface area contributed by atoms with Crippen molar-refractivity contribution >= 4 is 35.0 Å². The Bertz CT molecular complexity index is 845. The molecule has 2 aromatic rings. The molecule has 1 heterocycles. The molecule has 0 aromatic heterocycles. The Balaban J connectivity index is 1.67. The number of carbonyl (C=O) groups is 2. The molecule has 0 radical (unpaired) electrons. The van der Waals surface area contributed by atoms with Crippen molar-refractivity contribution in [2.75, 3.05) is 22.5 Å². The minimum Gasteiger partial charge on any atom is -0.323 e. The lowest BCUT2D eigenvalue weighted by Crippen LogP contribution is -2.37. The van der Waals surface area contributed by atoms with Crippen LogP contribution >= 0.6 is 11.8 Å². The number of fused-ring (bicyclic) bond motifs is 1. The lowest BCUT2D eigenvalue weighted by molar-refractivity contribution is -0.117. The Morgan fingerprint density at radius 3 is 2.68 bits per heavy atom. The SMILES string of the molecule is O=C(CCN1C(=O)CSc2ccccc21)Nc1ccc(F)c(F)c1F. The van der Waals surface area contributed by atoms with Crippen molar-refractivity contribution in [3.63, 3.8) is 0 Å². The summed E-state index contributed by atoms with van der Waals surface area (Å²) in [5, 5.41) is 2.19. The van der Waals surface area contributed by atoms with Gasteiger partial charge in [0, 0.05) is 17.9 Å². The molecule has 1 N–H and O–H groups in total. The third-order valence-corrected chi connectivity index (χ3v) is 4.73. The highest BCUT2D eigenvalue weighted by Crippen LogP contribution is 2.34. The fourth-order valence-corrected chi connectivity index (χ4v) is 3.38. The molecular formula is C17H13F3N2O2S. The number of thioether (sulfide) groups is 1. The van der Waals surface area contributed by atoms with E-state index in [0.29, 0.717) is 0 Å². The average Bonchev–Trinajstić information content (AvgIpc) is 2.61. The highest BCUT2D eigenvalue weighted by Gasteiger charge is 2.25. The maximum Gasteiger partial charge on any atom is 0.237 e. The molecule has 2 amide bonds. The van der Waals surface area contributed by atoms with Crippen molar-refractivity contribution in [1.29, 1.82) is 0 Å². The predicted octanol–water partition coefficient (Wildman–Crippen LogP) is 3.57. The summed E-state index contributed by atoms with van der Waals surface area (Å²) in [6.07, 6.45) is -0.108. The number of nitrogens with one attached hydrogen (secondary N) is 1. The molecule has 1 aliphatic heterocycles. The molecule has 2 aromatic carbocycles. The van der Waals surface area contributed by atoms with Crippen LogP contribution in [0.3, 0.4) is 0 Å². The first kappa shape index (κ1) is 17.3. The Hall–Kier alpha value is -2.48. The summed E-state index contributed by atoms with van der Waals surface area (Å²) < 4.78 is 39.7. The summed E-state index contributed by atoms with van der Waals surface area (Å²) in [7, 11) is 0. The molecule has 0 saturated heterocycles. The molecule has 25 heavy (non-hydrogen) atoms. The van der Waals surface area contributed by atoms with Gasteiger partial charge in [-0.2, -0.15) is 0 Å². The number of halogens is 3. The van der Waals surface area contributed by atoms with Gasteiger partial charge in [0.2, 0.25) is 11.8 Å². The normalized spacial score (nSPS) is 13.6. The first-order chi connectivity index (χ1) is 12.0. The lowest BCUT2D eigenvalue weighted by atomic mass is 10.2. The molecule has 4 nitrogen and oxygen atoms in total. The zero-order chi connectivity index (χ0) is 18.0. The molecule has 0 spiro atoms. The second-order valence-corrected chi connectivity index (χ2v) is 6.34. The molecular weight excluding hydrogens is 353 g/mol. The number of nitrogens with zero attached hydrogens (tertiary/aromatic N) is 1. The molecule has 130 valence electrons. The highest BCUT2D eigenvalue weighted by atomic mass is 32.2. The van der Waals surface area contributed by atoms with E-state index >= 15 is 0 Å². The van der Waals surface area contributed by atoms with Gasteiger partial charge >= 0.3 is 0 Å². The first-order valence-corrected chi connectivity index (χ1v) is 8.41. The fraction of sp³-hybridized carbons (Fsp3) is 0.176. The van der Waals surface area contributed by atoms with Crippen LogP contribution in [0, 0.1) is 17.5 Å². The van der Waals surface area contributed by atoms with Crippen LogP contribution in [0.1, 0.15) is 6.42 Å². The topological polar surface area (TPSA) is 49.4 Å². The number of amides is 2. The van der Waals surface area contributed by atoms with Crippen LogP contribution in [0.25, 0.3) is 0 Å². The zero-order valence-electron chi connectivity index (χ0n) is 12.9.